The number of aliphatic hydroxyl groups excluding tert-OH is 1. The van der Waals surface area contributed by atoms with Crippen molar-refractivity contribution in [3.8, 4) is 11.5 Å². The molecule has 0 aliphatic heterocycles. The number of non-ortho nitro benzene ring substituents is 1. The van der Waals surface area contributed by atoms with Gasteiger partial charge in [0.25, 0.3) is 11.6 Å². The largest absolute Gasteiger partial charge is 0.457 e. The van der Waals surface area contributed by atoms with Crippen molar-refractivity contribution in [2.45, 2.75) is 6.42 Å². The van der Waals surface area contributed by atoms with Crippen LogP contribution in [0.2, 0.25) is 0 Å². The van der Waals surface area contributed by atoms with Gasteiger partial charge in [-0.25, -0.2) is 0 Å². The smallest absolute Gasteiger partial charge is 0.270 e. The third-order valence-electron chi connectivity index (χ3n) is 3.01. The Balaban J connectivity index is 2.29. The SMILES string of the molecule is O=C(NCCCO)c1cc([N+](=O)[O-])ccc1Oc1ccccc1. The fraction of sp³-hybridized carbons (Fsp3) is 0.188. The van der Waals surface area contributed by atoms with E-state index in [-0.39, 0.29) is 30.2 Å². The molecular weight excluding hydrogens is 300 g/mol. The normalized spacial score (nSPS) is 10.1. The molecule has 2 N–H and O–H groups in total. The lowest BCUT2D eigenvalue weighted by Gasteiger charge is -2.11. The van der Waals surface area contributed by atoms with Crippen molar-refractivity contribution in [3.63, 3.8) is 0 Å². The third kappa shape index (κ3) is 4.52. The van der Waals surface area contributed by atoms with Crippen LogP contribution in [0.25, 0.3) is 0 Å². The van der Waals surface area contributed by atoms with E-state index < -0.39 is 10.8 Å². The van der Waals surface area contributed by atoms with Gasteiger partial charge in [-0.1, -0.05) is 18.2 Å². The number of hydrogen-bond donors (Lipinski definition) is 2. The zero-order chi connectivity index (χ0) is 16.7. The molecule has 7 nitrogen and oxygen atoms in total. The number of nitro groups is 1. The van der Waals surface area contributed by atoms with E-state index in [0.717, 1.165) is 0 Å². The number of carbonyl (C=O) groups is 1. The van der Waals surface area contributed by atoms with Crippen LogP contribution in [0.4, 0.5) is 5.69 Å². The zero-order valence-electron chi connectivity index (χ0n) is 12.3. The van der Waals surface area contributed by atoms with Crippen molar-refractivity contribution < 1.29 is 19.6 Å². The number of ether oxygens (including phenoxy) is 1. The van der Waals surface area contributed by atoms with Gasteiger partial charge in [0.1, 0.15) is 11.5 Å². The molecule has 0 atom stereocenters. The van der Waals surface area contributed by atoms with Crippen molar-refractivity contribution in [1.82, 2.24) is 5.32 Å². The molecular formula is C16H16N2O5. The predicted octanol–water partition coefficient (Wildman–Crippen LogP) is 2.50. The van der Waals surface area contributed by atoms with Crippen LogP contribution in [0.5, 0.6) is 11.5 Å². The van der Waals surface area contributed by atoms with Gasteiger partial charge in [0.2, 0.25) is 0 Å². The topological polar surface area (TPSA) is 102 Å². The number of amides is 1. The maximum atomic E-state index is 12.2. The molecule has 7 heteroatoms. The van der Waals surface area contributed by atoms with Crippen molar-refractivity contribution >= 4 is 11.6 Å². The average Bonchev–Trinajstić information content (AvgIpc) is 2.56. The molecule has 0 saturated carbocycles. The molecule has 0 radical (unpaired) electrons. The summed E-state index contributed by atoms with van der Waals surface area (Å²) in [5.41, 5.74) is -0.126. The molecule has 2 aromatic rings. The first kappa shape index (κ1) is 16.4. The third-order valence-corrected chi connectivity index (χ3v) is 3.01. The summed E-state index contributed by atoms with van der Waals surface area (Å²) >= 11 is 0. The van der Waals surface area contributed by atoms with Crippen molar-refractivity contribution in [1.29, 1.82) is 0 Å². The molecule has 0 spiro atoms. The monoisotopic (exact) mass is 316 g/mol. The Hall–Kier alpha value is -2.93. The van der Waals surface area contributed by atoms with Crippen LogP contribution in [-0.4, -0.2) is 29.1 Å². The molecule has 23 heavy (non-hydrogen) atoms. The van der Waals surface area contributed by atoms with E-state index in [1.54, 1.807) is 24.3 Å². The summed E-state index contributed by atoms with van der Waals surface area (Å²) < 4.78 is 5.64. The molecule has 2 rings (SSSR count). The van der Waals surface area contributed by atoms with Crippen LogP contribution in [0.1, 0.15) is 16.8 Å². The van der Waals surface area contributed by atoms with E-state index in [9.17, 15) is 14.9 Å². The fourth-order valence-electron chi connectivity index (χ4n) is 1.89. The lowest BCUT2D eigenvalue weighted by atomic mass is 10.1. The second-order valence-corrected chi connectivity index (χ2v) is 4.69. The summed E-state index contributed by atoms with van der Waals surface area (Å²) in [6.07, 6.45) is 0.398. The van der Waals surface area contributed by atoms with E-state index in [2.05, 4.69) is 5.32 Å². The van der Waals surface area contributed by atoms with Gasteiger partial charge in [-0.2, -0.15) is 0 Å². The molecule has 120 valence electrons. The summed E-state index contributed by atoms with van der Waals surface area (Å²) in [7, 11) is 0. The molecule has 0 aromatic heterocycles. The number of benzene rings is 2. The van der Waals surface area contributed by atoms with E-state index in [1.165, 1.54) is 18.2 Å². The molecule has 0 aliphatic rings. The number of nitrogens with one attached hydrogen (secondary N) is 1. The maximum Gasteiger partial charge on any atom is 0.270 e. The Labute approximate surface area is 132 Å². The lowest BCUT2D eigenvalue weighted by molar-refractivity contribution is -0.384. The Bertz CT molecular complexity index is 688. The van der Waals surface area contributed by atoms with Gasteiger partial charge in [-0.05, 0) is 24.6 Å². The zero-order valence-corrected chi connectivity index (χ0v) is 12.3. The average molecular weight is 316 g/mol. The summed E-state index contributed by atoms with van der Waals surface area (Å²) in [6, 6.07) is 12.7. The molecule has 0 aliphatic carbocycles. The molecule has 0 heterocycles. The number of rotatable bonds is 7. The summed E-state index contributed by atoms with van der Waals surface area (Å²) in [6.45, 7) is 0.214. The number of carbonyl (C=O) groups excluding carboxylic acids is 1. The number of hydrogen-bond acceptors (Lipinski definition) is 5. The minimum absolute atomic E-state index is 0.0530. The van der Waals surface area contributed by atoms with Crippen molar-refractivity contribution in [2.75, 3.05) is 13.2 Å². The number of nitro benzene ring substituents is 1. The van der Waals surface area contributed by atoms with Gasteiger partial charge in [0, 0.05) is 25.3 Å². The van der Waals surface area contributed by atoms with Gasteiger partial charge in [0.05, 0.1) is 10.5 Å². The fourth-order valence-corrected chi connectivity index (χ4v) is 1.89. The van der Waals surface area contributed by atoms with E-state index >= 15 is 0 Å². The van der Waals surface area contributed by atoms with Crippen LogP contribution in [0, 0.1) is 10.1 Å². The minimum Gasteiger partial charge on any atom is -0.457 e. The second kappa shape index (κ2) is 7.90. The Morgan fingerprint density at radius 1 is 1.22 bits per heavy atom. The Kier molecular flexibility index (Phi) is 5.65. The van der Waals surface area contributed by atoms with Gasteiger partial charge in [-0.15, -0.1) is 0 Å². The highest BCUT2D eigenvalue weighted by Gasteiger charge is 2.18. The highest BCUT2D eigenvalue weighted by Crippen LogP contribution is 2.28. The van der Waals surface area contributed by atoms with Crippen LogP contribution in [0.3, 0.4) is 0 Å². The van der Waals surface area contributed by atoms with Crippen LogP contribution in [0.15, 0.2) is 48.5 Å². The standard InChI is InChI=1S/C16H16N2O5/c19-10-4-9-17-16(20)14-11-12(18(21)22)7-8-15(14)23-13-5-2-1-3-6-13/h1-3,5-8,11,19H,4,9-10H2,(H,17,20). The second-order valence-electron chi connectivity index (χ2n) is 4.69. The first-order valence-corrected chi connectivity index (χ1v) is 7.02. The quantitative estimate of drug-likeness (QED) is 0.464. The Morgan fingerprint density at radius 3 is 2.61 bits per heavy atom. The summed E-state index contributed by atoms with van der Waals surface area (Å²) in [4.78, 5) is 22.5. The van der Waals surface area contributed by atoms with Crippen LogP contribution < -0.4 is 10.1 Å². The lowest BCUT2D eigenvalue weighted by Crippen LogP contribution is -2.25. The van der Waals surface area contributed by atoms with Gasteiger partial charge < -0.3 is 15.2 Å². The molecule has 2 aromatic carbocycles. The first-order chi connectivity index (χ1) is 11.1. The molecule has 0 unspecified atom stereocenters. The van der Waals surface area contributed by atoms with Crippen molar-refractivity contribution in [2.24, 2.45) is 0 Å². The van der Waals surface area contributed by atoms with E-state index in [1.807, 2.05) is 6.07 Å². The van der Waals surface area contributed by atoms with Crippen LogP contribution >= 0.6 is 0 Å². The van der Waals surface area contributed by atoms with E-state index in [4.69, 9.17) is 9.84 Å². The number of para-hydroxylation sites is 1. The minimum atomic E-state index is -0.573. The van der Waals surface area contributed by atoms with Gasteiger partial charge >= 0.3 is 0 Å². The summed E-state index contributed by atoms with van der Waals surface area (Å²) in [5, 5.41) is 22.2. The molecule has 1 amide bonds. The van der Waals surface area contributed by atoms with Gasteiger partial charge in [0.15, 0.2) is 0 Å². The maximum absolute atomic E-state index is 12.2. The Morgan fingerprint density at radius 2 is 1.96 bits per heavy atom. The number of aliphatic hydroxyl groups is 1. The van der Waals surface area contributed by atoms with E-state index in [0.29, 0.717) is 12.2 Å². The predicted molar refractivity (Wildman–Crippen MR) is 83.6 cm³/mol. The first-order valence-electron chi connectivity index (χ1n) is 7.02. The summed E-state index contributed by atoms with van der Waals surface area (Å²) in [5.74, 6) is 0.252. The highest BCUT2D eigenvalue weighted by atomic mass is 16.6. The van der Waals surface area contributed by atoms with Crippen LogP contribution in [-0.2, 0) is 0 Å². The molecule has 0 saturated heterocycles. The van der Waals surface area contributed by atoms with Gasteiger partial charge in [-0.3, -0.25) is 14.9 Å². The molecule has 0 fully saturated rings. The van der Waals surface area contributed by atoms with Crippen molar-refractivity contribution in [3.05, 3.63) is 64.2 Å². The molecule has 0 bridgehead atoms. The highest BCUT2D eigenvalue weighted by molar-refractivity contribution is 5.97. The number of nitrogens with zero attached hydrogens (tertiary/aromatic N) is 1.